The van der Waals surface area contributed by atoms with Crippen LogP contribution in [0.5, 0.6) is 0 Å². The van der Waals surface area contributed by atoms with E-state index in [4.69, 9.17) is 4.74 Å². The van der Waals surface area contributed by atoms with Crippen LogP contribution >= 0.6 is 0 Å². The summed E-state index contributed by atoms with van der Waals surface area (Å²) in [4.78, 5) is 0. The number of fused-ring (bicyclic) bond motifs is 3. The topological polar surface area (TPSA) is 32.8 Å². The van der Waals surface area contributed by atoms with Gasteiger partial charge < -0.3 is 9.84 Å². The third-order valence-electron chi connectivity index (χ3n) is 5.45. The molecule has 114 valence electrons. The largest absolute Gasteiger partial charge is 0.378 e. The molecular formula is C19H22O2Si. The molecule has 1 heterocycles. The van der Waals surface area contributed by atoms with Gasteiger partial charge in [0.15, 0.2) is 0 Å². The maximum absolute atomic E-state index is 12.0. The minimum atomic E-state index is -1.78. The molecule has 0 aromatic heterocycles. The van der Waals surface area contributed by atoms with Gasteiger partial charge in [0.2, 0.25) is 0 Å². The number of benzene rings is 2. The molecule has 1 aliphatic carbocycles. The normalized spacial score (nSPS) is 28.1. The molecule has 1 saturated heterocycles. The monoisotopic (exact) mass is 310 g/mol. The van der Waals surface area contributed by atoms with Gasteiger partial charge in [-0.05, 0) is 29.2 Å². The zero-order valence-electron chi connectivity index (χ0n) is 13.6. The Bertz CT molecular complexity index is 717. The van der Waals surface area contributed by atoms with Crippen molar-refractivity contribution in [3.8, 4) is 11.1 Å². The van der Waals surface area contributed by atoms with Gasteiger partial charge in [-0.1, -0.05) is 68.2 Å². The molecule has 3 heteroatoms. The highest BCUT2D eigenvalue weighted by molar-refractivity contribution is 6.80. The summed E-state index contributed by atoms with van der Waals surface area (Å²) < 4.78 is 6.18. The number of rotatable bonds is 2. The fraction of sp³-hybridized carbons (Fsp3) is 0.368. The Morgan fingerprint density at radius 3 is 1.68 bits per heavy atom. The van der Waals surface area contributed by atoms with E-state index >= 15 is 0 Å². The van der Waals surface area contributed by atoms with Crippen LogP contribution in [0.25, 0.3) is 11.1 Å². The van der Waals surface area contributed by atoms with Gasteiger partial charge in [-0.2, -0.15) is 0 Å². The Hall–Kier alpha value is -1.42. The third kappa shape index (κ3) is 1.42. The average Bonchev–Trinajstić information content (AvgIpc) is 3.13. The Morgan fingerprint density at radius 1 is 0.909 bits per heavy atom. The average molecular weight is 310 g/mol. The highest BCUT2D eigenvalue weighted by Gasteiger charge is 2.75. The fourth-order valence-corrected chi connectivity index (χ4v) is 7.67. The first-order valence-electron chi connectivity index (χ1n) is 7.93. The van der Waals surface area contributed by atoms with Crippen LogP contribution in [0.2, 0.25) is 19.6 Å². The van der Waals surface area contributed by atoms with Crippen LogP contribution in [0.1, 0.15) is 18.1 Å². The van der Waals surface area contributed by atoms with Crippen molar-refractivity contribution in [3.05, 3.63) is 59.7 Å². The lowest BCUT2D eigenvalue weighted by Gasteiger charge is -2.40. The standard InChI is InChI=1S/C19H22O2Si/c1-13-19(21-13,22(2,3)4)18(20)16-11-7-5-9-14(16)15-10-6-8-12-17(15)18/h5-13,20H,1-4H3/t13-,19-/m0/s1. The zero-order valence-corrected chi connectivity index (χ0v) is 14.6. The van der Waals surface area contributed by atoms with E-state index in [-0.39, 0.29) is 6.10 Å². The molecule has 1 aliphatic heterocycles. The van der Waals surface area contributed by atoms with E-state index in [1.165, 1.54) is 0 Å². The molecule has 0 amide bonds. The third-order valence-corrected chi connectivity index (χ3v) is 8.57. The van der Waals surface area contributed by atoms with Crippen molar-refractivity contribution in [2.45, 2.75) is 43.5 Å². The van der Waals surface area contributed by atoms with Gasteiger partial charge >= 0.3 is 0 Å². The van der Waals surface area contributed by atoms with E-state index in [0.29, 0.717) is 0 Å². The molecule has 4 rings (SSSR count). The maximum atomic E-state index is 12.0. The summed E-state index contributed by atoms with van der Waals surface area (Å²) in [5.41, 5.74) is 3.25. The quantitative estimate of drug-likeness (QED) is 0.673. The second-order valence-electron chi connectivity index (χ2n) is 7.55. The number of epoxide rings is 1. The van der Waals surface area contributed by atoms with Crippen LogP contribution in [0.4, 0.5) is 0 Å². The van der Waals surface area contributed by atoms with Crippen LogP contribution in [-0.4, -0.2) is 24.5 Å². The van der Waals surface area contributed by atoms with Gasteiger partial charge in [-0.25, -0.2) is 0 Å². The molecule has 2 nitrogen and oxygen atoms in total. The van der Waals surface area contributed by atoms with Gasteiger partial charge in [0.1, 0.15) is 10.8 Å². The summed E-state index contributed by atoms with van der Waals surface area (Å²) >= 11 is 0. The fourth-order valence-electron chi connectivity index (χ4n) is 4.57. The van der Waals surface area contributed by atoms with E-state index in [0.717, 1.165) is 22.3 Å². The molecule has 0 bridgehead atoms. The van der Waals surface area contributed by atoms with E-state index in [1.54, 1.807) is 0 Å². The van der Waals surface area contributed by atoms with E-state index in [1.807, 2.05) is 24.3 Å². The molecule has 2 aliphatic rings. The predicted molar refractivity (Wildman–Crippen MR) is 91.5 cm³/mol. The van der Waals surface area contributed by atoms with Gasteiger partial charge in [0.05, 0.1) is 14.2 Å². The minimum absolute atomic E-state index is 0.0865. The summed E-state index contributed by atoms with van der Waals surface area (Å²) in [6, 6.07) is 16.5. The van der Waals surface area contributed by atoms with Gasteiger partial charge in [0.25, 0.3) is 0 Å². The van der Waals surface area contributed by atoms with Crippen LogP contribution in [0.3, 0.4) is 0 Å². The summed E-state index contributed by atoms with van der Waals surface area (Å²) in [7, 11) is -1.78. The van der Waals surface area contributed by atoms with Crippen LogP contribution in [0.15, 0.2) is 48.5 Å². The Morgan fingerprint density at radius 2 is 1.32 bits per heavy atom. The number of hydrogen-bond acceptors (Lipinski definition) is 2. The van der Waals surface area contributed by atoms with Crippen molar-refractivity contribution >= 4 is 8.07 Å². The number of aliphatic hydroxyl groups is 1. The van der Waals surface area contributed by atoms with Crippen molar-refractivity contribution in [2.75, 3.05) is 0 Å². The second kappa shape index (κ2) is 4.10. The van der Waals surface area contributed by atoms with Crippen molar-refractivity contribution in [1.82, 2.24) is 0 Å². The van der Waals surface area contributed by atoms with Gasteiger partial charge in [-0.3, -0.25) is 0 Å². The van der Waals surface area contributed by atoms with E-state index in [2.05, 4.69) is 50.8 Å². The lowest BCUT2D eigenvalue weighted by Crippen LogP contribution is -2.58. The molecule has 2 atom stereocenters. The molecular weight excluding hydrogens is 288 g/mol. The highest BCUT2D eigenvalue weighted by Crippen LogP contribution is 2.63. The molecule has 0 spiro atoms. The summed E-state index contributed by atoms with van der Waals surface area (Å²) in [5, 5.41) is 11.5. The van der Waals surface area contributed by atoms with Gasteiger partial charge in [-0.15, -0.1) is 0 Å². The number of ether oxygens (including phenoxy) is 1. The molecule has 2 aromatic carbocycles. The van der Waals surface area contributed by atoms with Crippen molar-refractivity contribution in [2.24, 2.45) is 0 Å². The summed E-state index contributed by atoms with van der Waals surface area (Å²) in [5.74, 6) is 0. The Labute approximate surface area is 132 Å². The first-order chi connectivity index (χ1) is 10.3. The SMILES string of the molecule is C[C@@H]1O[C@]1(C1(O)c2ccccc2-c2ccccc21)[Si](C)(C)C. The Balaban J connectivity index is 2.07. The van der Waals surface area contributed by atoms with Gasteiger partial charge in [0, 0.05) is 0 Å². The first kappa shape index (κ1) is 14.2. The number of hydrogen-bond donors (Lipinski definition) is 1. The summed E-state index contributed by atoms with van der Waals surface area (Å²) in [6.07, 6.45) is 0.0865. The zero-order chi connectivity index (χ0) is 15.8. The van der Waals surface area contributed by atoms with E-state index in [9.17, 15) is 5.11 Å². The van der Waals surface area contributed by atoms with Crippen molar-refractivity contribution < 1.29 is 9.84 Å². The molecule has 1 fully saturated rings. The molecule has 0 radical (unpaired) electrons. The van der Waals surface area contributed by atoms with Crippen molar-refractivity contribution in [3.63, 3.8) is 0 Å². The summed E-state index contributed by atoms with van der Waals surface area (Å²) in [6.45, 7) is 8.97. The second-order valence-corrected chi connectivity index (χ2v) is 12.8. The minimum Gasteiger partial charge on any atom is -0.378 e. The lowest BCUT2D eigenvalue weighted by molar-refractivity contribution is 0.0290. The first-order valence-corrected chi connectivity index (χ1v) is 11.4. The van der Waals surface area contributed by atoms with E-state index < -0.39 is 18.9 Å². The van der Waals surface area contributed by atoms with Crippen molar-refractivity contribution in [1.29, 1.82) is 0 Å². The predicted octanol–water partition coefficient (Wildman–Crippen LogP) is 3.94. The molecule has 2 aromatic rings. The van der Waals surface area contributed by atoms with Crippen LogP contribution in [0, 0.1) is 0 Å². The lowest BCUT2D eigenvalue weighted by atomic mass is 9.86. The Kier molecular flexibility index (Phi) is 2.65. The molecule has 0 unspecified atom stereocenters. The molecule has 1 N–H and O–H groups in total. The maximum Gasteiger partial charge on any atom is 0.144 e. The smallest absolute Gasteiger partial charge is 0.144 e. The van der Waals surface area contributed by atoms with Crippen LogP contribution in [-0.2, 0) is 10.3 Å². The molecule has 0 saturated carbocycles. The van der Waals surface area contributed by atoms with Crippen LogP contribution < -0.4 is 0 Å². The molecule has 22 heavy (non-hydrogen) atoms. The highest BCUT2D eigenvalue weighted by atomic mass is 28.3.